The van der Waals surface area contributed by atoms with Crippen molar-refractivity contribution in [3.63, 3.8) is 0 Å². The van der Waals surface area contributed by atoms with E-state index in [0.717, 1.165) is 57.4 Å². The Morgan fingerprint density at radius 1 is 1.05 bits per heavy atom. The number of ketones is 1. The molecule has 0 spiro atoms. The van der Waals surface area contributed by atoms with E-state index in [1.165, 1.54) is 0 Å². The van der Waals surface area contributed by atoms with Gasteiger partial charge in [0, 0.05) is 44.5 Å². The third kappa shape index (κ3) is 4.58. The van der Waals surface area contributed by atoms with E-state index < -0.39 is 0 Å². The first-order valence-corrected chi connectivity index (χ1v) is 7.59. The SMILES string of the molecule is CC(=O)C(=CN1CCC(O)CC1)CN1CCC(O)CC1. The molecular formula is C15H26N2O3. The van der Waals surface area contributed by atoms with Gasteiger partial charge < -0.3 is 15.1 Å². The maximum Gasteiger partial charge on any atom is 0.158 e. The Balaban J connectivity index is 1.91. The predicted octanol–water partition coefficient (Wildman–Crippen LogP) is 0.373. The molecule has 0 aromatic carbocycles. The van der Waals surface area contributed by atoms with Crippen LogP contribution >= 0.6 is 0 Å². The number of rotatable bonds is 4. The van der Waals surface area contributed by atoms with Crippen molar-refractivity contribution in [2.45, 2.75) is 44.8 Å². The molecular weight excluding hydrogens is 256 g/mol. The number of aliphatic hydroxyl groups is 2. The number of carbonyl (C=O) groups is 1. The van der Waals surface area contributed by atoms with Crippen LogP contribution in [0.3, 0.4) is 0 Å². The predicted molar refractivity (Wildman–Crippen MR) is 77.3 cm³/mol. The summed E-state index contributed by atoms with van der Waals surface area (Å²) in [6.45, 7) is 5.62. The average Bonchev–Trinajstić information content (AvgIpc) is 2.42. The Kier molecular flexibility index (Phi) is 5.57. The summed E-state index contributed by atoms with van der Waals surface area (Å²) in [6.07, 6.45) is 4.74. The number of hydrogen-bond donors (Lipinski definition) is 2. The molecule has 0 radical (unpaired) electrons. The number of piperidine rings is 2. The molecule has 2 aliphatic rings. The third-order valence-corrected chi connectivity index (χ3v) is 4.24. The first-order chi connectivity index (χ1) is 9.54. The van der Waals surface area contributed by atoms with Gasteiger partial charge in [0.05, 0.1) is 12.2 Å². The molecule has 0 atom stereocenters. The normalized spacial score (nSPS) is 24.1. The average molecular weight is 282 g/mol. The Hall–Kier alpha value is -0.910. The second kappa shape index (κ2) is 7.20. The van der Waals surface area contributed by atoms with Crippen LogP contribution in [-0.4, -0.2) is 70.7 Å². The van der Waals surface area contributed by atoms with Crippen LogP contribution in [0.15, 0.2) is 11.8 Å². The van der Waals surface area contributed by atoms with Crippen LogP contribution in [0, 0.1) is 0 Å². The Morgan fingerprint density at radius 3 is 2.05 bits per heavy atom. The zero-order chi connectivity index (χ0) is 14.5. The molecule has 114 valence electrons. The molecule has 0 unspecified atom stereocenters. The second-order valence-electron chi connectivity index (χ2n) is 5.98. The van der Waals surface area contributed by atoms with Crippen molar-refractivity contribution >= 4 is 5.78 Å². The van der Waals surface area contributed by atoms with Gasteiger partial charge in [-0.25, -0.2) is 0 Å². The maximum absolute atomic E-state index is 11.8. The summed E-state index contributed by atoms with van der Waals surface area (Å²) in [5.74, 6) is 0.113. The van der Waals surface area contributed by atoms with Gasteiger partial charge in [0.2, 0.25) is 0 Å². The van der Waals surface area contributed by atoms with E-state index in [1.807, 2.05) is 6.20 Å². The van der Waals surface area contributed by atoms with Crippen molar-refractivity contribution in [2.24, 2.45) is 0 Å². The van der Waals surface area contributed by atoms with Crippen LogP contribution < -0.4 is 0 Å². The molecule has 2 saturated heterocycles. The molecule has 2 heterocycles. The van der Waals surface area contributed by atoms with Gasteiger partial charge in [0.15, 0.2) is 5.78 Å². The molecule has 0 aromatic rings. The largest absolute Gasteiger partial charge is 0.393 e. The van der Waals surface area contributed by atoms with E-state index in [2.05, 4.69) is 9.80 Å². The Morgan fingerprint density at radius 2 is 1.55 bits per heavy atom. The van der Waals surface area contributed by atoms with Crippen molar-refractivity contribution in [1.82, 2.24) is 9.80 Å². The van der Waals surface area contributed by atoms with E-state index in [9.17, 15) is 15.0 Å². The number of nitrogens with zero attached hydrogens (tertiary/aromatic N) is 2. The summed E-state index contributed by atoms with van der Waals surface area (Å²) in [7, 11) is 0. The summed E-state index contributed by atoms with van der Waals surface area (Å²) in [5.41, 5.74) is 0.831. The highest BCUT2D eigenvalue weighted by Crippen LogP contribution is 2.15. The summed E-state index contributed by atoms with van der Waals surface area (Å²) < 4.78 is 0. The fourth-order valence-corrected chi connectivity index (χ4v) is 2.80. The lowest BCUT2D eigenvalue weighted by atomic mass is 10.1. The molecule has 0 amide bonds. The molecule has 0 aliphatic carbocycles. The quantitative estimate of drug-likeness (QED) is 0.730. The molecule has 5 heteroatoms. The van der Waals surface area contributed by atoms with Gasteiger partial charge in [-0.3, -0.25) is 9.69 Å². The highest BCUT2D eigenvalue weighted by atomic mass is 16.3. The molecule has 5 nitrogen and oxygen atoms in total. The van der Waals surface area contributed by atoms with Gasteiger partial charge >= 0.3 is 0 Å². The van der Waals surface area contributed by atoms with Crippen LogP contribution in [0.2, 0.25) is 0 Å². The fourth-order valence-electron chi connectivity index (χ4n) is 2.80. The first kappa shape index (κ1) is 15.5. The van der Waals surface area contributed by atoms with Gasteiger partial charge in [-0.15, -0.1) is 0 Å². The van der Waals surface area contributed by atoms with E-state index in [0.29, 0.717) is 6.54 Å². The molecule has 2 fully saturated rings. The summed E-state index contributed by atoms with van der Waals surface area (Å²) in [6, 6.07) is 0. The molecule has 2 aliphatic heterocycles. The second-order valence-corrected chi connectivity index (χ2v) is 5.98. The minimum absolute atomic E-state index is 0.113. The van der Waals surface area contributed by atoms with Crippen LogP contribution in [-0.2, 0) is 4.79 Å². The van der Waals surface area contributed by atoms with Crippen molar-refractivity contribution in [1.29, 1.82) is 0 Å². The zero-order valence-electron chi connectivity index (χ0n) is 12.3. The minimum Gasteiger partial charge on any atom is -0.393 e. The Bertz CT molecular complexity index is 354. The Labute approximate surface area is 120 Å². The minimum atomic E-state index is -0.191. The molecule has 0 saturated carbocycles. The highest BCUT2D eigenvalue weighted by Gasteiger charge is 2.20. The van der Waals surface area contributed by atoms with E-state index >= 15 is 0 Å². The topological polar surface area (TPSA) is 64.0 Å². The van der Waals surface area contributed by atoms with Gasteiger partial charge in [0.1, 0.15) is 0 Å². The lowest BCUT2D eigenvalue weighted by molar-refractivity contribution is -0.114. The number of hydrogen-bond acceptors (Lipinski definition) is 5. The smallest absolute Gasteiger partial charge is 0.158 e. The van der Waals surface area contributed by atoms with Crippen molar-refractivity contribution < 1.29 is 15.0 Å². The third-order valence-electron chi connectivity index (χ3n) is 4.24. The van der Waals surface area contributed by atoms with Crippen molar-refractivity contribution in [3.05, 3.63) is 11.8 Å². The molecule has 0 bridgehead atoms. The standard InChI is InChI=1S/C15H26N2O3/c1-12(18)13(10-16-6-2-14(19)3-7-16)11-17-8-4-15(20)5-9-17/h10,14-15,19-20H,2-9,11H2,1H3. The van der Waals surface area contributed by atoms with Crippen LogP contribution in [0.4, 0.5) is 0 Å². The number of carbonyl (C=O) groups excluding carboxylic acids is 1. The molecule has 20 heavy (non-hydrogen) atoms. The number of likely N-dealkylation sites (tertiary alicyclic amines) is 2. The van der Waals surface area contributed by atoms with Crippen LogP contribution in [0.25, 0.3) is 0 Å². The van der Waals surface area contributed by atoms with Gasteiger partial charge in [0.25, 0.3) is 0 Å². The van der Waals surface area contributed by atoms with Crippen molar-refractivity contribution in [3.8, 4) is 0 Å². The first-order valence-electron chi connectivity index (χ1n) is 7.59. The molecule has 2 rings (SSSR count). The van der Waals surface area contributed by atoms with Crippen molar-refractivity contribution in [2.75, 3.05) is 32.7 Å². The number of aliphatic hydroxyl groups excluding tert-OH is 2. The molecule has 2 N–H and O–H groups in total. The van der Waals surface area contributed by atoms with E-state index in [4.69, 9.17) is 0 Å². The summed E-state index contributed by atoms with van der Waals surface area (Å²) in [5, 5.41) is 19.0. The van der Waals surface area contributed by atoms with E-state index in [1.54, 1.807) is 6.92 Å². The maximum atomic E-state index is 11.8. The summed E-state index contributed by atoms with van der Waals surface area (Å²) in [4.78, 5) is 16.2. The lowest BCUT2D eigenvalue weighted by Gasteiger charge is -2.32. The van der Waals surface area contributed by atoms with Gasteiger partial charge in [-0.05, 0) is 32.6 Å². The van der Waals surface area contributed by atoms with Crippen LogP contribution in [0.1, 0.15) is 32.6 Å². The fraction of sp³-hybridized carbons (Fsp3) is 0.800. The van der Waals surface area contributed by atoms with Crippen LogP contribution in [0.5, 0.6) is 0 Å². The van der Waals surface area contributed by atoms with Gasteiger partial charge in [-0.1, -0.05) is 0 Å². The summed E-state index contributed by atoms with van der Waals surface area (Å²) >= 11 is 0. The zero-order valence-corrected chi connectivity index (χ0v) is 12.3. The van der Waals surface area contributed by atoms with Gasteiger partial charge in [-0.2, -0.15) is 0 Å². The van der Waals surface area contributed by atoms with E-state index in [-0.39, 0.29) is 18.0 Å². The highest BCUT2D eigenvalue weighted by molar-refractivity contribution is 5.93. The monoisotopic (exact) mass is 282 g/mol. The number of Topliss-reactive ketones (excluding diaryl/α,β-unsaturated/α-hetero) is 1. The lowest BCUT2D eigenvalue weighted by Crippen LogP contribution is -2.38. The molecule has 0 aromatic heterocycles.